The quantitative estimate of drug-likeness (QED) is 0.0325. The van der Waals surface area contributed by atoms with Crippen LogP contribution in [-0.2, 0) is 30.6 Å². The molecule has 2 aromatic heterocycles. The van der Waals surface area contributed by atoms with E-state index in [0.29, 0.717) is 22.9 Å². The Balaban J connectivity index is 1.50. The van der Waals surface area contributed by atoms with Crippen LogP contribution < -0.4 is 27.1 Å². The van der Waals surface area contributed by atoms with Crippen LogP contribution in [0.5, 0.6) is 0 Å². The number of thiazole rings is 1. The molecule has 41 heavy (non-hydrogen) atoms. The standard InChI is InChI=1S/C22H25N9O7S3/c1-2-30-12(5-11(23)27-21(30)24)39-6-9-7-40-19-15(18(35)31(19)16(9)20(36)37)28-17(34)14(10-8-41-22(25)26-10)29-38-4-3-13(32)33/h5,8,15,19H,2-4,6-7H2,1H3,(H8,23,24,25,26,27,28,32,33,34,36,37)/p+1/b29-14-/t15-,19-/m1/s1. The molecule has 4 rings (SSSR count). The van der Waals surface area contributed by atoms with Gasteiger partial charge < -0.3 is 31.8 Å². The molecular formula is C22H26N9O7S3+. The first kappa shape index (κ1) is 29.9. The third kappa shape index (κ3) is 6.46. The Labute approximate surface area is 245 Å². The number of amides is 2. The molecule has 218 valence electrons. The van der Waals surface area contributed by atoms with Gasteiger partial charge >= 0.3 is 17.9 Å². The zero-order valence-corrected chi connectivity index (χ0v) is 23.9. The van der Waals surface area contributed by atoms with Gasteiger partial charge in [-0.1, -0.05) is 21.9 Å². The Morgan fingerprint density at radius 1 is 1.29 bits per heavy atom. The number of carbonyl (C=O) groups is 4. The number of hydrogen-bond donors (Lipinski definition) is 6. The number of aromatic nitrogens is 3. The van der Waals surface area contributed by atoms with E-state index in [4.69, 9.17) is 27.1 Å². The second-order valence-corrected chi connectivity index (χ2v) is 11.5. The summed E-state index contributed by atoms with van der Waals surface area (Å²) in [5.41, 5.74) is 17.6. The maximum absolute atomic E-state index is 13.1. The second-order valence-electron chi connectivity index (χ2n) is 8.52. The lowest BCUT2D eigenvalue weighted by Crippen LogP contribution is -2.71. The number of thioether (sulfide) groups is 2. The van der Waals surface area contributed by atoms with Crippen molar-refractivity contribution >= 4 is 81.2 Å². The number of carbonyl (C=O) groups excluding carboxylic acids is 2. The summed E-state index contributed by atoms with van der Waals surface area (Å²) in [6.07, 6.45) is -0.350. The Morgan fingerprint density at radius 2 is 2.05 bits per heavy atom. The van der Waals surface area contributed by atoms with E-state index in [1.165, 1.54) is 28.9 Å². The maximum Gasteiger partial charge on any atom is 0.392 e. The van der Waals surface area contributed by atoms with E-state index >= 15 is 0 Å². The minimum atomic E-state index is -1.27. The van der Waals surface area contributed by atoms with Crippen LogP contribution in [0.2, 0.25) is 0 Å². The lowest BCUT2D eigenvalue weighted by Gasteiger charge is -2.49. The molecule has 2 amide bonds. The number of carboxylic acids is 2. The number of β-lactam (4-membered cyclic amide) rings is 1. The molecule has 0 aromatic carbocycles. The molecule has 0 spiro atoms. The maximum atomic E-state index is 13.1. The average Bonchev–Trinajstić information content (AvgIpc) is 3.34. The summed E-state index contributed by atoms with van der Waals surface area (Å²) in [6.45, 7) is 2.11. The number of carboxylic acid groups (broad SMARTS) is 2. The van der Waals surface area contributed by atoms with Gasteiger partial charge in [-0.15, -0.1) is 23.1 Å². The van der Waals surface area contributed by atoms with Gasteiger partial charge in [-0.25, -0.2) is 14.3 Å². The van der Waals surface area contributed by atoms with Crippen molar-refractivity contribution in [3.05, 3.63) is 28.4 Å². The number of rotatable bonds is 12. The van der Waals surface area contributed by atoms with E-state index in [1.54, 1.807) is 10.6 Å². The third-order valence-electron chi connectivity index (χ3n) is 5.85. The van der Waals surface area contributed by atoms with E-state index in [2.05, 4.69) is 20.4 Å². The highest BCUT2D eigenvalue weighted by atomic mass is 32.2. The highest BCUT2D eigenvalue weighted by Crippen LogP contribution is 2.41. The van der Waals surface area contributed by atoms with Gasteiger partial charge in [0.1, 0.15) is 34.4 Å². The predicted molar refractivity (Wildman–Crippen MR) is 151 cm³/mol. The number of oxime groups is 1. The number of nitrogens with two attached hydrogens (primary N) is 3. The Bertz CT molecular complexity index is 1460. The van der Waals surface area contributed by atoms with Gasteiger partial charge in [-0.05, 0) is 12.5 Å². The van der Waals surface area contributed by atoms with Crippen LogP contribution in [0.25, 0.3) is 0 Å². The van der Waals surface area contributed by atoms with Crippen LogP contribution in [0, 0.1) is 0 Å². The van der Waals surface area contributed by atoms with Crippen molar-refractivity contribution in [2.45, 2.75) is 36.3 Å². The molecule has 0 unspecified atom stereocenters. The summed E-state index contributed by atoms with van der Waals surface area (Å²) in [5, 5.41) is 26.7. The van der Waals surface area contributed by atoms with Crippen molar-refractivity contribution in [3.63, 3.8) is 0 Å². The molecule has 0 radical (unpaired) electrons. The summed E-state index contributed by atoms with van der Waals surface area (Å²) in [4.78, 5) is 63.4. The fourth-order valence-electron chi connectivity index (χ4n) is 3.99. The van der Waals surface area contributed by atoms with Crippen LogP contribution in [-0.4, -0.2) is 84.1 Å². The average molecular weight is 625 g/mol. The molecule has 19 heteroatoms. The van der Waals surface area contributed by atoms with Gasteiger partial charge in [-0.3, -0.25) is 25.0 Å². The van der Waals surface area contributed by atoms with E-state index in [9.17, 15) is 24.3 Å². The number of anilines is 3. The summed E-state index contributed by atoms with van der Waals surface area (Å²) in [6, 6.07) is 0.601. The smallest absolute Gasteiger partial charge is 0.392 e. The SMILES string of the molecule is CC[n+]1c(SCC2=C(C(=O)O)N3C(=O)[C@@H](NC(=O)/C(=N\OCCC(=O)O)c4csc(N)n4)[C@H]3SC2)cc(N)nc1N. The van der Waals surface area contributed by atoms with E-state index in [0.717, 1.165) is 16.2 Å². The van der Waals surface area contributed by atoms with Crippen LogP contribution >= 0.6 is 34.9 Å². The first-order valence-corrected chi connectivity index (χ1v) is 14.9. The molecule has 2 aliphatic heterocycles. The minimum Gasteiger partial charge on any atom is -0.481 e. The van der Waals surface area contributed by atoms with Crippen LogP contribution in [0.3, 0.4) is 0 Å². The minimum absolute atomic E-state index is 0.0763. The molecule has 1 saturated heterocycles. The molecular weight excluding hydrogens is 598 g/mol. The fraction of sp³-hybridized carbons (Fsp3) is 0.364. The molecule has 9 N–H and O–H groups in total. The van der Waals surface area contributed by atoms with E-state index in [-0.39, 0.29) is 52.8 Å². The Morgan fingerprint density at radius 3 is 2.68 bits per heavy atom. The van der Waals surface area contributed by atoms with Crippen molar-refractivity contribution in [2.24, 2.45) is 5.16 Å². The molecule has 2 aromatic rings. The first-order chi connectivity index (χ1) is 19.5. The predicted octanol–water partition coefficient (Wildman–Crippen LogP) is -0.682. The second kappa shape index (κ2) is 12.6. The number of hydrogen-bond acceptors (Lipinski definition) is 14. The van der Waals surface area contributed by atoms with Crippen molar-refractivity contribution < 1.29 is 38.8 Å². The third-order valence-corrected chi connectivity index (χ3v) is 8.99. The molecule has 2 aliphatic rings. The lowest BCUT2D eigenvalue weighted by molar-refractivity contribution is -0.717. The monoisotopic (exact) mass is 624 g/mol. The first-order valence-electron chi connectivity index (χ1n) is 11.9. The molecule has 2 atom stereocenters. The van der Waals surface area contributed by atoms with Crippen LogP contribution in [0.4, 0.5) is 16.9 Å². The van der Waals surface area contributed by atoms with Gasteiger partial charge in [0.15, 0.2) is 10.8 Å². The number of fused-ring (bicyclic) bond motifs is 1. The zero-order chi connectivity index (χ0) is 29.8. The Kier molecular flexibility index (Phi) is 9.18. The van der Waals surface area contributed by atoms with Gasteiger partial charge in [0.25, 0.3) is 11.8 Å². The van der Waals surface area contributed by atoms with Gasteiger partial charge in [0.2, 0.25) is 5.82 Å². The number of nitrogen functional groups attached to an aromatic ring is 3. The van der Waals surface area contributed by atoms with Gasteiger partial charge in [-0.2, -0.15) is 0 Å². The van der Waals surface area contributed by atoms with Gasteiger partial charge in [0.05, 0.1) is 13.0 Å². The van der Waals surface area contributed by atoms with Crippen molar-refractivity contribution in [1.82, 2.24) is 20.2 Å². The van der Waals surface area contributed by atoms with Crippen LogP contribution in [0.15, 0.2) is 32.9 Å². The zero-order valence-electron chi connectivity index (χ0n) is 21.5. The fourth-order valence-corrected chi connectivity index (χ4v) is 7.16. The normalized spacial score (nSPS) is 18.5. The highest BCUT2D eigenvalue weighted by molar-refractivity contribution is 8.01. The molecule has 0 aliphatic carbocycles. The number of aliphatic carboxylic acids is 2. The molecule has 4 heterocycles. The van der Waals surface area contributed by atoms with E-state index < -0.39 is 35.2 Å². The van der Waals surface area contributed by atoms with E-state index in [1.807, 2.05) is 6.92 Å². The summed E-state index contributed by atoms with van der Waals surface area (Å²) >= 11 is 3.67. The summed E-state index contributed by atoms with van der Waals surface area (Å²) in [7, 11) is 0. The number of nitrogens with zero attached hydrogens (tertiary/aromatic N) is 5. The van der Waals surface area contributed by atoms with Crippen molar-refractivity contribution in [1.29, 1.82) is 0 Å². The molecule has 1 fully saturated rings. The van der Waals surface area contributed by atoms with Crippen molar-refractivity contribution in [3.8, 4) is 0 Å². The highest BCUT2D eigenvalue weighted by Gasteiger charge is 2.54. The Hall–Kier alpha value is -4.10. The van der Waals surface area contributed by atoms with Gasteiger partial charge in [0, 0.05) is 23.0 Å². The molecule has 0 bridgehead atoms. The van der Waals surface area contributed by atoms with Crippen molar-refractivity contribution in [2.75, 3.05) is 35.3 Å². The number of nitrogens with one attached hydrogen (secondary N) is 1. The largest absolute Gasteiger partial charge is 0.481 e. The summed E-state index contributed by atoms with van der Waals surface area (Å²) < 4.78 is 1.74. The molecule has 0 saturated carbocycles. The lowest BCUT2D eigenvalue weighted by atomic mass is 10.0. The topological polar surface area (TPSA) is 253 Å². The van der Waals surface area contributed by atoms with Crippen LogP contribution in [0.1, 0.15) is 19.0 Å². The molecule has 16 nitrogen and oxygen atoms in total. The summed E-state index contributed by atoms with van der Waals surface area (Å²) in [5.74, 6) is -2.81.